The van der Waals surface area contributed by atoms with E-state index in [4.69, 9.17) is 9.47 Å². The van der Waals surface area contributed by atoms with E-state index in [1.807, 2.05) is 19.1 Å². The number of likely N-dealkylation sites (tertiary alicyclic amines) is 1. The lowest BCUT2D eigenvalue weighted by atomic mass is 9.93. The van der Waals surface area contributed by atoms with Gasteiger partial charge in [-0.25, -0.2) is 0 Å². The molecule has 0 radical (unpaired) electrons. The maximum atomic E-state index is 11.3. The summed E-state index contributed by atoms with van der Waals surface area (Å²) >= 11 is 0. The van der Waals surface area contributed by atoms with Crippen LogP contribution in [0.2, 0.25) is 0 Å². The highest BCUT2D eigenvalue weighted by Crippen LogP contribution is 2.35. The van der Waals surface area contributed by atoms with Gasteiger partial charge in [-0.05, 0) is 50.4 Å². The Balaban J connectivity index is 2.22. The van der Waals surface area contributed by atoms with Crippen molar-refractivity contribution in [3.05, 3.63) is 23.8 Å². The van der Waals surface area contributed by atoms with Crippen LogP contribution in [0.25, 0.3) is 0 Å². The summed E-state index contributed by atoms with van der Waals surface area (Å²) < 4.78 is 11.0. The number of ether oxygens (including phenoxy) is 2. The molecule has 0 aromatic heterocycles. The van der Waals surface area contributed by atoms with Gasteiger partial charge in [-0.3, -0.25) is 9.69 Å². The molecule has 1 aliphatic heterocycles. The lowest BCUT2D eigenvalue weighted by molar-refractivity contribution is -0.144. The molecule has 0 saturated carbocycles. The summed E-state index contributed by atoms with van der Waals surface area (Å²) in [5, 5.41) is 9.30. The van der Waals surface area contributed by atoms with Crippen molar-refractivity contribution in [2.75, 3.05) is 26.8 Å². The summed E-state index contributed by atoms with van der Waals surface area (Å²) in [4.78, 5) is 13.6. The molecule has 2 atom stereocenters. The number of piperidine rings is 1. The summed E-state index contributed by atoms with van der Waals surface area (Å²) in [5.74, 6) is 0.530. The largest absolute Gasteiger partial charge is 0.493 e. The van der Waals surface area contributed by atoms with Crippen LogP contribution in [0, 0.1) is 5.92 Å². The van der Waals surface area contributed by atoms with Crippen molar-refractivity contribution in [1.29, 1.82) is 0 Å². The lowest BCUT2D eigenvalue weighted by Crippen LogP contribution is -2.40. The van der Waals surface area contributed by atoms with Crippen LogP contribution in [-0.2, 0) is 4.79 Å². The van der Waals surface area contributed by atoms with Gasteiger partial charge in [0.1, 0.15) is 0 Å². The Bertz CT molecular complexity index is 532. The number of carboxylic acids is 1. The Morgan fingerprint density at radius 1 is 1.39 bits per heavy atom. The van der Waals surface area contributed by atoms with E-state index < -0.39 is 5.97 Å². The maximum Gasteiger partial charge on any atom is 0.307 e. The van der Waals surface area contributed by atoms with Gasteiger partial charge < -0.3 is 14.6 Å². The first-order valence-electron chi connectivity index (χ1n) is 8.38. The van der Waals surface area contributed by atoms with Gasteiger partial charge in [0.2, 0.25) is 0 Å². The topological polar surface area (TPSA) is 59.0 Å². The molecule has 0 aliphatic carbocycles. The van der Waals surface area contributed by atoms with Gasteiger partial charge in [0.15, 0.2) is 11.5 Å². The van der Waals surface area contributed by atoms with E-state index in [0.29, 0.717) is 13.2 Å². The van der Waals surface area contributed by atoms with E-state index in [9.17, 15) is 9.90 Å². The Hall–Kier alpha value is -1.75. The van der Waals surface area contributed by atoms with Gasteiger partial charge in [0.05, 0.1) is 19.6 Å². The van der Waals surface area contributed by atoms with Crippen LogP contribution in [-0.4, -0.2) is 42.8 Å². The van der Waals surface area contributed by atoms with E-state index in [0.717, 1.165) is 42.9 Å². The summed E-state index contributed by atoms with van der Waals surface area (Å²) in [6.07, 6.45) is 2.64. The standard InChI is InChI=1S/C18H27NO4/c1-4-15(19-10-6-7-14(12-19)18(20)21)13-8-9-16(22-3)17(11-13)23-5-2/h8-9,11,14-15H,4-7,10,12H2,1-3H3,(H,20,21). The zero-order valence-corrected chi connectivity index (χ0v) is 14.2. The summed E-state index contributed by atoms with van der Waals surface area (Å²) in [6.45, 7) is 6.23. The number of methoxy groups -OCH3 is 1. The molecule has 5 heteroatoms. The summed E-state index contributed by atoms with van der Waals surface area (Å²) in [7, 11) is 1.64. The third-order valence-corrected chi connectivity index (χ3v) is 4.50. The first-order chi connectivity index (χ1) is 11.1. The molecule has 0 bridgehead atoms. The quantitative estimate of drug-likeness (QED) is 0.834. The van der Waals surface area contributed by atoms with Crippen LogP contribution in [0.5, 0.6) is 11.5 Å². The number of rotatable bonds is 7. The van der Waals surface area contributed by atoms with Crippen LogP contribution in [0.1, 0.15) is 44.7 Å². The fourth-order valence-electron chi connectivity index (χ4n) is 3.36. The minimum Gasteiger partial charge on any atom is -0.493 e. The van der Waals surface area contributed by atoms with E-state index >= 15 is 0 Å². The molecule has 23 heavy (non-hydrogen) atoms. The van der Waals surface area contributed by atoms with Crippen molar-refractivity contribution < 1.29 is 19.4 Å². The van der Waals surface area contributed by atoms with E-state index in [1.54, 1.807) is 7.11 Å². The molecular weight excluding hydrogens is 294 g/mol. The van der Waals surface area contributed by atoms with Crippen molar-refractivity contribution in [2.24, 2.45) is 5.92 Å². The fourth-order valence-corrected chi connectivity index (χ4v) is 3.36. The van der Waals surface area contributed by atoms with Crippen molar-refractivity contribution in [2.45, 2.75) is 39.2 Å². The monoisotopic (exact) mass is 321 g/mol. The van der Waals surface area contributed by atoms with Crippen LogP contribution in [0.15, 0.2) is 18.2 Å². The van der Waals surface area contributed by atoms with E-state index in [1.165, 1.54) is 0 Å². The molecule has 128 valence electrons. The molecule has 1 aliphatic rings. The molecular formula is C18H27NO4. The van der Waals surface area contributed by atoms with E-state index in [2.05, 4.69) is 17.9 Å². The van der Waals surface area contributed by atoms with Crippen LogP contribution in [0.4, 0.5) is 0 Å². The Labute approximate surface area is 138 Å². The smallest absolute Gasteiger partial charge is 0.307 e. The predicted molar refractivity (Wildman–Crippen MR) is 89.1 cm³/mol. The highest BCUT2D eigenvalue weighted by molar-refractivity contribution is 5.70. The van der Waals surface area contributed by atoms with Gasteiger partial charge in [0, 0.05) is 12.6 Å². The molecule has 1 saturated heterocycles. The minimum atomic E-state index is -0.686. The maximum absolute atomic E-state index is 11.3. The number of carboxylic acid groups (broad SMARTS) is 1. The molecule has 2 rings (SSSR count). The Kier molecular flexibility index (Phi) is 6.28. The van der Waals surface area contributed by atoms with Crippen LogP contribution >= 0.6 is 0 Å². The van der Waals surface area contributed by atoms with Crippen molar-refractivity contribution >= 4 is 5.97 Å². The highest BCUT2D eigenvalue weighted by atomic mass is 16.5. The summed E-state index contributed by atoms with van der Waals surface area (Å²) in [5.41, 5.74) is 1.16. The molecule has 0 spiro atoms. The molecule has 1 heterocycles. The SMILES string of the molecule is CCOc1cc(C(CC)N2CCCC(C(=O)O)C2)ccc1OC. The zero-order valence-electron chi connectivity index (χ0n) is 14.2. The Morgan fingerprint density at radius 3 is 2.78 bits per heavy atom. The van der Waals surface area contributed by atoms with Crippen molar-refractivity contribution in [3.63, 3.8) is 0 Å². The van der Waals surface area contributed by atoms with Gasteiger partial charge in [-0.15, -0.1) is 0 Å². The average molecular weight is 321 g/mol. The molecule has 1 aromatic rings. The molecule has 5 nitrogen and oxygen atoms in total. The Morgan fingerprint density at radius 2 is 2.17 bits per heavy atom. The molecule has 1 N–H and O–H groups in total. The van der Waals surface area contributed by atoms with Crippen LogP contribution < -0.4 is 9.47 Å². The number of benzene rings is 1. The fraction of sp³-hybridized carbons (Fsp3) is 0.611. The second-order valence-electron chi connectivity index (χ2n) is 5.94. The number of nitrogens with zero attached hydrogens (tertiary/aromatic N) is 1. The zero-order chi connectivity index (χ0) is 16.8. The molecule has 1 fully saturated rings. The van der Waals surface area contributed by atoms with E-state index in [-0.39, 0.29) is 12.0 Å². The van der Waals surface area contributed by atoms with Gasteiger partial charge in [0.25, 0.3) is 0 Å². The normalized spacial score (nSPS) is 20.0. The second-order valence-corrected chi connectivity index (χ2v) is 5.94. The lowest BCUT2D eigenvalue weighted by Gasteiger charge is -2.37. The number of carbonyl (C=O) groups is 1. The first-order valence-corrected chi connectivity index (χ1v) is 8.38. The number of hydrogen-bond donors (Lipinski definition) is 1. The molecule has 0 amide bonds. The predicted octanol–water partition coefficient (Wildman–Crippen LogP) is 3.34. The first kappa shape index (κ1) is 17.6. The van der Waals surface area contributed by atoms with Gasteiger partial charge in [-0.2, -0.15) is 0 Å². The van der Waals surface area contributed by atoms with Crippen LogP contribution in [0.3, 0.4) is 0 Å². The average Bonchev–Trinajstić information content (AvgIpc) is 2.56. The number of aliphatic carboxylic acids is 1. The van der Waals surface area contributed by atoms with Gasteiger partial charge in [-0.1, -0.05) is 13.0 Å². The third-order valence-electron chi connectivity index (χ3n) is 4.50. The second kappa shape index (κ2) is 8.20. The summed E-state index contributed by atoms with van der Waals surface area (Å²) in [6, 6.07) is 6.23. The highest BCUT2D eigenvalue weighted by Gasteiger charge is 2.30. The molecule has 1 aromatic carbocycles. The van der Waals surface area contributed by atoms with Crippen molar-refractivity contribution in [1.82, 2.24) is 4.90 Å². The third kappa shape index (κ3) is 4.16. The van der Waals surface area contributed by atoms with Gasteiger partial charge >= 0.3 is 5.97 Å². The molecule has 2 unspecified atom stereocenters. The minimum absolute atomic E-state index is 0.210. The van der Waals surface area contributed by atoms with Crippen molar-refractivity contribution in [3.8, 4) is 11.5 Å². The number of hydrogen-bond acceptors (Lipinski definition) is 4.